The van der Waals surface area contributed by atoms with Crippen LogP contribution in [-0.2, 0) is 18.2 Å². The summed E-state index contributed by atoms with van der Waals surface area (Å²) in [7, 11) is 3.55. The van der Waals surface area contributed by atoms with Gasteiger partial charge >= 0.3 is 0 Å². The Morgan fingerprint density at radius 3 is 2.71 bits per heavy atom. The first-order valence-electron chi connectivity index (χ1n) is 15.9. The minimum atomic E-state index is -0.0762. The highest BCUT2D eigenvalue weighted by Crippen LogP contribution is 2.45. The predicted octanol–water partition coefficient (Wildman–Crippen LogP) is 6.93. The number of carbonyl (C=O) groups is 1. The number of carbonyl (C=O) groups excluding carboxylic acids is 1. The van der Waals surface area contributed by atoms with Crippen molar-refractivity contribution in [3.63, 3.8) is 0 Å². The molecule has 2 N–H and O–H groups in total. The van der Waals surface area contributed by atoms with Crippen LogP contribution in [0.3, 0.4) is 0 Å². The molecule has 0 radical (unpaired) electrons. The molecule has 2 unspecified atom stereocenters. The Bertz CT molecular complexity index is 1730. The molecule has 1 aliphatic heterocycles. The van der Waals surface area contributed by atoms with Gasteiger partial charge < -0.3 is 20.1 Å². The van der Waals surface area contributed by atoms with Crippen molar-refractivity contribution in [1.29, 1.82) is 0 Å². The van der Waals surface area contributed by atoms with E-state index >= 15 is 0 Å². The van der Waals surface area contributed by atoms with E-state index in [2.05, 4.69) is 22.5 Å². The highest BCUT2D eigenvalue weighted by atomic mass is 35.5. The third-order valence-corrected chi connectivity index (χ3v) is 10.1. The normalized spacial score (nSPS) is 21.2. The summed E-state index contributed by atoms with van der Waals surface area (Å²) >= 11 is 6.65. The average Bonchev–Trinajstić information content (AvgIpc) is 3.65. The zero-order valence-electron chi connectivity index (χ0n) is 26.0. The van der Waals surface area contributed by atoms with Crippen LogP contribution in [0.2, 0.25) is 5.02 Å². The van der Waals surface area contributed by atoms with Crippen molar-refractivity contribution in [3.8, 4) is 28.3 Å². The minimum Gasteiger partial charge on any atom is -0.495 e. The number of halogens is 1. The molecule has 0 spiro atoms. The maximum absolute atomic E-state index is 13.3. The van der Waals surface area contributed by atoms with Gasteiger partial charge in [-0.15, -0.1) is 0 Å². The number of nitrogens with zero attached hydrogens (tertiary/aromatic N) is 4. The summed E-state index contributed by atoms with van der Waals surface area (Å²) in [6.45, 7) is 3.90. The van der Waals surface area contributed by atoms with E-state index in [9.17, 15) is 4.79 Å². The summed E-state index contributed by atoms with van der Waals surface area (Å²) in [5.41, 5.74) is 6.97. The fourth-order valence-corrected chi connectivity index (χ4v) is 7.66. The Morgan fingerprint density at radius 2 is 1.91 bits per heavy atom. The second kappa shape index (κ2) is 12.4. The number of hydrogen-bond donors (Lipinski definition) is 2. The van der Waals surface area contributed by atoms with Crippen LogP contribution in [0.5, 0.6) is 5.75 Å². The molecule has 3 aliphatic rings. The van der Waals surface area contributed by atoms with E-state index in [1.807, 2.05) is 54.3 Å². The summed E-state index contributed by atoms with van der Waals surface area (Å²) in [6, 6.07) is 13.5. The number of ether oxygens (including phenoxy) is 2. The van der Waals surface area contributed by atoms with Gasteiger partial charge in [0.1, 0.15) is 5.75 Å². The molecule has 9 nitrogen and oxygen atoms in total. The maximum Gasteiger partial charge on any atom is 0.251 e. The molecule has 0 bridgehead atoms. The SMILES string of the molecule is COc1cc(C(=O)N[C@@H]2CCC(C3CCOCC3)C2)ccc1Nc1ncc2c(n1)-c1c(nn(C)c1-c1ccccc1Cl)CC2C. The van der Waals surface area contributed by atoms with Gasteiger partial charge in [-0.1, -0.05) is 36.7 Å². The topological polar surface area (TPSA) is 103 Å². The molecule has 10 heteroatoms. The lowest BCUT2D eigenvalue weighted by atomic mass is 9.85. The van der Waals surface area contributed by atoms with Gasteiger partial charge in [-0.2, -0.15) is 5.10 Å². The number of amides is 1. The average molecular weight is 627 g/mol. The minimum absolute atomic E-state index is 0.0762. The Hall–Kier alpha value is -3.95. The number of anilines is 2. The van der Waals surface area contributed by atoms with E-state index in [0.29, 0.717) is 39.8 Å². The molecule has 1 amide bonds. The van der Waals surface area contributed by atoms with Crippen LogP contribution in [0.25, 0.3) is 22.5 Å². The monoisotopic (exact) mass is 626 g/mol. The molecule has 1 saturated carbocycles. The van der Waals surface area contributed by atoms with Crippen molar-refractivity contribution in [2.75, 3.05) is 25.6 Å². The van der Waals surface area contributed by atoms with Gasteiger partial charge in [0.15, 0.2) is 0 Å². The Labute approximate surface area is 268 Å². The molecule has 45 heavy (non-hydrogen) atoms. The summed E-state index contributed by atoms with van der Waals surface area (Å²) in [5, 5.41) is 12.1. The molecule has 1 saturated heterocycles. The molecule has 234 valence electrons. The lowest BCUT2D eigenvalue weighted by molar-refractivity contribution is 0.0471. The van der Waals surface area contributed by atoms with Gasteiger partial charge in [0.05, 0.1) is 29.9 Å². The number of hydrogen-bond acceptors (Lipinski definition) is 7. The van der Waals surface area contributed by atoms with Crippen molar-refractivity contribution >= 4 is 29.1 Å². The summed E-state index contributed by atoms with van der Waals surface area (Å²) in [4.78, 5) is 22.9. The second-order valence-corrected chi connectivity index (χ2v) is 13.0. The van der Waals surface area contributed by atoms with Crippen molar-refractivity contribution in [2.45, 2.75) is 57.4 Å². The van der Waals surface area contributed by atoms with Gasteiger partial charge in [-0.3, -0.25) is 9.48 Å². The van der Waals surface area contributed by atoms with Crippen LogP contribution in [-0.4, -0.2) is 52.0 Å². The number of aryl methyl sites for hydroxylation is 1. The van der Waals surface area contributed by atoms with Crippen LogP contribution in [0.4, 0.5) is 11.6 Å². The number of methoxy groups -OCH3 is 1. The first-order valence-corrected chi connectivity index (χ1v) is 16.3. The molecule has 2 aromatic heterocycles. The third-order valence-electron chi connectivity index (χ3n) is 9.78. The van der Waals surface area contributed by atoms with E-state index in [1.165, 1.54) is 6.42 Å². The molecular formula is C35H39ClN6O3. The van der Waals surface area contributed by atoms with Crippen molar-refractivity contribution in [1.82, 2.24) is 25.1 Å². The summed E-state index contributed by atoms with van der Waals surface area (Å²) < 4.78 is 13.2. The summed E-state index contributed by atoms with van der Waals surface area (Å²) in [5.74, 6) is 2.50. The van der Waals surface area contributed by atoms with Crippen molar-refractivity contribution in [3.05, 3.63) is 70.5 Å². The first-order chi connectivity index (χ1) is 21.9. The third kappa shape index (κ3) is 5.79. The summed E-state index contributed by atoms with van der Waals surface area (Å²) in [6.07, 6.45) is 8.19. The van der Waals surface area contributed by atoms with E-state index in [0.717, 1.165) is 79.1 Å². The number of aromatic nitrogens is 4. The lowest BCUT2D eigenvalue weighted by Gasteiger charge is -2.27. The standard InChI is InChI=1S/C35H39ClN6O3/c1-20-16-29-31(33(42(2)41-29)25-6-4-5-7-27(25)36)32-26(20)19-37-35(40-32)39-28-11-9-23(18-30(28)44-3)34(43)38-24-10-8-22(17-24)21-12-14-45-15-13-21/h4-7,9,11,18-22,24H,8,10,12-17H2,1-3H3,(H,38,43)(H,37,39,40)/t20?,22?,24-/m1/s1. The number of benzene rings is 2. The van der Waals surface area contributed by atoms with Crippen LogP contribution in [0, 0.1) is 11.8 Å². The van der Waals surface area contributed by atoms with Gasteiger partial charge in [0.25, 0.3) is 5.91 Å². The van der Waals surface area contributed by atoms with E-state index in [-0.39, 0.29) is 17.9 Å². The van der Waals surface area contributed by atoms with Crippen LogP contribution in [0.1, 0.15) is 66.6 Å². The fraction of sp³-hybridized carbons (Fsp3) is 0.429. The highest BCUT2D eigenvalue weighted by Gasteiger charge is 2.33. The molecule has 2 fully saturated rings. The predicted molar refractivity (Wildman–Crippen MR) is 175 cm³/mol. The second-order valence-electron chi connectivity index (χ2n) is 12.6. The first kappa shape index (κ1) is 29.7. The van der Waals surface area contributed by atoms with Crippen molar-refractivity contribution < 1.29 is 14.3 Å². The lowest BCUT2D eigenvalue weighted by Crippen LogP contribution is -2.33. The fourth-order valence-electron chi connectivity index (χ4n) is 7.43. The Balaban J connectivity index is 1.11. The molecule has 2 aliphatic carbocycles. The zero-order valence-corrected chi connectivity index (χ0v) is 26.7. The smallest absolute Gasteiger partial charge is 0.251 e. The molecule has 4 aromatic rings. The van der Waals surface area contributed by atoms with Gasteiger partial charge in [0, 0.05) is 59.8 Å². The van der Waals surface area contributed by atoms with Gasteiger partial charge in [0.2, 0.25) is 5.95 Å². The van der Waals surface area contributed by atoms with E-state index in [1.54, 1.807) is 13.2 Å². The van der Waals surface area contributed by atoms with E-state index < -0.39 is 0 Å². The molecule has 2 aromatic carbocycles. The molecular weight excluding hydrogens is 588 g/mol. The molecule has 3 heterocycles. The van der Waals surface area contributed by atoms with Crippen LogP contribution >= 0.6 is 11.6 Å². The quantitative estimate of drug-likeness (QED) is 0.229. The highest BCUT2D eigenvalue weighted by molar-refractivity contribution is 6.33. The number of nitrogens with one attached hydrogen (secondary N) is 2. The molecule has 7 rings (SSSR count). The number of rotatable bonds is 7. The van der Waals surface area contributed by atoms with Gasteiger partial charge in [-0.25, -0.2) is 9.97 Å². The Morgan fingerprint density at radius 1 is 1.09 bits per heavy atom. The van der Waals surface area contributed by atoms with Crippen LogP contribution in [0.15, 0.2) is 48.7 Å². The molecule has 3 atom stereocenters. The largest absolute Gasteiger partial charge is 0.495 e. The van der Waals surface area contributed by atoms with E-state index in [4.69, 9.17) is 31.2 Å². The van der Waals surface area contributed by atoms with Gasteiger partial charge in [-0.05, 0) is 80.5 Å². The number of fused-ring (bicyclic) bond motifs is 3. The Kier molecular flexibility index (Phi) is 8.23. The zero-order chi connectivity index (χ0) is 31.1. The van der Waals surface area contributed by atoms with Crippen molar-refractivity contribution in [2.24, 2.45) is 18.9 Å². The maximum atomic E-state index is 13.3. The van der Waals surface area contributed by atoms with Crippen LogP contribution < -0.4 is 15.4 Å².